The van der Waals surface area contributed by atoms with Crippen molar-refractivity contribution in [1.82, 2.24) is 9.88 Å². The summed E-state index contributed by atoms with van der Waals surface area (Å²) in [6, 6.07) is 10.8. The number of anilines is 1. The molecule has 2 N–H and O–H groups in total. The maximum absolute atomic E-state index is 12.2. The van der Waals surface area contributed by atoms with Gasteiger partial charge in [0.25, 0.3) is 5.91 Å². The van der Waals surface area contributed by atoms with Crippen LogP contribution in [0, 0.1) is 0 Å². The molecule has 2 rings (SSSR count). The molecule has 1 amide bonds. The maximum Gasteiger partial charge on any atom is 0.254 e. The van der Waals surface area contributed by atoms with E-state index in [-0.39, 0.29) is 5.91 Å². The number of nitrogens with zero attached hydrogens (tertiary/aromatic N) is 2. The van der Waals surface area contributed by atoms with Crippen LogP contribution >= 0.6 is 0 Å². The van der Waals surface area contributed by atoms with Crippen molar-refractivity contribution in [2.24, 2.45) is 0 Å². The molecular formula is C15H17N3O2. The second-order valence-electron chi connectivity index (χ2n) is 4.48. The van der Waals surface area contributed by atoms with Crippen molar-refractivity contribution in [3.8, 4) is 5.75 Å². The number of carbonyl (C=O) groups is 1. The number of benzene rings is 1. The number of nitrogens with two attached hydrogens (primary N) is 1. The summed E-state index contributed by atoms with van der Waals surface area (Å²) < 4.78 is 5.10. The summed E-state index contributed by atoms with van der Waals surface area (Å²) >= 11 is 0. The van der Waals surface area contributed by atoms with Gasteiger partial charge in [0.1, 0.15) is 11.6 Å². The molecule has 20 heavy (non-hydrogen) atoms. The van der Waals surface area contributed by atoms with Crippen molar-refractivity contribution < 1.29 is 9.53 Å². The number of rotatable bonds is 4. The molecule has 0 aliphatic heterocycles. The molecule has 5 nitrogen and oxygen atoms in total. The molecule has 0 aliphatic rings. The first-order valence-corrected chi connectivity index (χ1v) is 6.20. The number of hydrogen-bond donors (Lipinski definition) is 1. The minimum absolute atomic E-state index is 0.0880. The Kier molecular flexibility index (Phi) is 4.20. The van der Waals surface area contributed by atoms with Crippen LogP contribution in [0.1, 0.15) is 15.9 Å². The van der Waals surface area contributed by atoms with Gasteiger partial charge in [0.05, 0.1) is 7.11 Å². The number of amides is 1. The van der Waals surface area contributed by atoms with Gasteiger partial charge in [-0.25, -0.2) is 4.98 Å². The lowest BCUT2D eigenvalue weighted by Crippen LogP contribution is -2.26. The topological polar surface area (TPSA) is 68.5 Å². The monoisotopic (exact) mass is 271 g/mol. The third-order valence-corrected chi connectivity index (χ3v) is 2.95. The number of nitrogen functional groups attached to an aromatic ring is 1. The third-order valence-electron chi connectivity index (χ3n) is 2.95. The molecule has 1 aromatic carbocycles. The first-order valence-electron chi connectivity index (χ1n) is 6.20. The second-order valence-corrected chi connectivity index (χ2v) is 4.48. The zero-order chi connectivity index (χ0) is 14.5. The highest BCUT2D eigenvalue weighted by Gasteiger charge is 2.12. The minimum Gasteiger partial charge on any atom is -0.497 e. The van der Waals surface area contributed by atoms with Crippen LogP contribution in [0.3, 0.4) is 0 Å². The van der Waals surface area contributed by atoms with Crippen LogP contribution in [-0.2, 0) is 6.54 Å². The molecule has 0 saturated carbocycles. The van der Waals surface area contributed by atoms with Crippen LogP contribution < -0.4 is 10.5 Å². The van der Waals surface area contributed by atoms with E-state index < -0.39 is 0 Å². The zero-order valence-electron chi connectivity index (χ0n) is 11.5. The predicted molar refractivity (Wildman–Crippen MR) is 77.4 cm³/mol. The lowest BCUT2D eigenvalue weighted by molar-refractivity contribution is 0.0785. The molecule has 1 heterocycles. The van der Waals surface area contributed by atoms with Gasteiger partial charge in [0.15, 0.2) is 0 Å². The van der Waals surface area contributed by atoms with Gasteiger partial charge in [-0.3, -0.25) is 4.79 Å². The average molecular weight is 271 g/mol. The Labute approximate surface area is 118 Å². The lowest BCUT2D eigenvalue weighted by atomic mass is 10.2. The fraction of sp³-hybridized carbons (Fsp3) is 0.200. The van der Waals surface area contributed by atoms with Crippen molar-refractivity contribution in [2.75, 3.05) is 19.9 Å². The van der Waals surface area contributed by atoms with Gasteiger partial charge in [0.2, 0.25) is 0 Å². The first-order chi connectivity index (χ1) is 9.60. The highest BCUT2D eigenvalue weighted by atomic mass is 16.5. The van der Waals surface area contributed by atoms with Crippen molar-refractivity contribution in [3.63, 3.8) is 0 Å². The summed E-state index contributed by atoms with van der Waals surface area (Å²) in [5.74, 6) is 1.05. The molecule has 0 aliphatic carbocycles. The van der Waals surface area contributed by atoms with Crippen LogP contribution in [0.25, 0.3) is 0 Å². The molecular weight excluding hydrogens is 254 g/mol. The van der Waals surface area contributed by atoms with E-state index in [1.807, 2.05) is 24.3 Å². The Morgan fingerprint density at radius 3 is 2.60 bits per heavy atom. The molecule has 0 radical (unpaired) electrons. The minimum atomic E-state index is -0.0880. The van der Waals surface area contributed by atoms with Crippen molar-refractivity contribution in [2.45, 2.75) is 6.54 Å². The van der Waals surface area contributed by atoms with Gasteiger partial charge in [0, 0.05) is 25.4 Å². The highest BCUT2D eigenvalue weighted by molar-refractivity contribution is 5.94. The smallest absolute Gasteiger partial charge is 0.254 e. The summed E-state index contributed by atoms with van der Waals surface area (Å²) in [7, 11) is 3.38. The van der Waals surface area contributed by atoms with Crippen LogP contribution in [0.15, 0.2) is 42.6 Å². The number of ether oxygens (including phenoxy) is 1. The van der Waals surface area contributed by atoms with Crippen LogP contribution in [-0.4, -0.2) is 29.9 Å². The van der Waals surface area contributed by atoms with Crippen LogP contribution in [0.5, 0.6) is 5.75 Å². The Bertz CT molecular complexity index is 596. The third kappa shape index (κ3) is 3.26. The number of methoxy groups -OCH3 is 1. The van der Waals surface area contributed by atoms with Gasteiger partial charge < -0.3 is 15.4 Å². The normalized spacial score (nSPS) is 10.1. The van der Waals surface area contributed by atoms with Crippen molar-refractivity contribution in [3.05, 3.63) is 53.7 Å². The molecule has 104 valence electrons. The number of aromatic nitrogens is 1. The van der Waals surface area contributed by atoms with Crippen molar-refractivity contribution in [1.29, 1.82) is 0 Å². The number of hydrogen-bond acceptors (Lipinski definition) is 4. The quantitative estimate of drug-likeness (QED) is 0.922. The summed E-state index contributed by atoms with van der Waals surface area (Å²) in [6.07, 6.45) is 1.53. The molecule has 0 bridgehead atoms. The van der Waals surface area contributed by atoms with E-state index in [9.17, 15) is 4.79 Å². The molecule has 0 unspecified atom stereocenters. The van der Waals surface area contributed by atoms with Crippen LogP contribution in [0.2, 0.25) is 0 Å². The fourth-order valence-corrected chi connectivity index (χ4v) is 1.88. The molecule has 0 saturated heterocycles. The van der Waals surface area contributed by atoms with E-state index in [1.54, 1.807) is 31.2 Å². The van der Waals surface area contributed by atoms with E-state index >= 15 is 0 Å². The van der Waals surface area contributed by atoms with E-state index in [1.165, 1.54) is 6.20 Å². The van der Waals surface area contributed by atoms with E-state index in [0.29, 0.717) is 17.9 Å². The Balaban J connectivity index is 2.07. The van der Waals surface area contributed by atoms with E-state index in [0.717, 1.165) is 11.3 Å². The van der Waals surface area contributed by atoms with Gasteiger partial charge in [-0.15, -0.1) is 0 Å². The standard InChI is InChI=1S/C15H17N3O2/c1-18(10-11-3-5-13(20-2)6-4-11)15(19)12-7-8-17-14(16)9-12/h3-9H,10H2,1-2H3,(H2,16,17). The molecule has 0 fully saturated rings. The SMILES string of the molecule is COc1ccc(CN(C)C(=O)c2ccnc(N)c2)cc1. The van der Waals surface area contributed by atoms with Gasteiger partial charge in [-0.1, -0.05) is 12.1 Å². The number of pyridine rings is 1. The second kappa shape index (κ2) is 6.06. The Morgan fingerprint density at radius 2 is 2.00 bits per heavy atom. The first kappa shape index (κ1) is 13.9. The zero-order valence-corrected chi connectivity index (χ0v) is 11.5. The molecule has 0 spiro atoms. The fourth-order valence-electron chi connectivity index (χ4n) is 1.88. The van der Waals surface area contributed by atoms with Gasteiger partial charge >= 0.3 is 0 Å². The lowest BCUT2D eigenvalue weighted by Gasteiger charge is -2.17. The Morgan fingerprint density at radius 1 is 1.30 bits per heavy atom. The largest absolute Gasteiger partial charge is 0.497 e. The molecule has 0 atom stereocenters. The summed E-state index contributed by atoms with van der Waals surface area (Å²) in [5, 5.41) is 0. The molecule has 5 heteroatoms. The number of carbonyl (C=O) groups excluding carboxylic acids is 1. The summed E-state index contributed by atoms with van der Waals surface area (Å²) in [5.41, 5.74) is 7.15. The predicted octanol–water partition coefficient (Wildman–Crippen LogP) is 1.94. The highest BCUT2D eigenvalue weighted by Crippen LogP contribution is 2.14. The Hall–Kier alpha value is -2.56. The maximum atomic E-state index is 12.2. The van der Waals surface area contributed by atoms with Crippen LogP contribution in [0.4, 0.5) is 5.82 Å². The summed E-state index contributed by atoms with van der Waals surface area (Å²) in [6.45, 7) is 0.519. The average Bonchev–Trinajstić information content (AvgIpc) is 2.47. The van der Waals surface area contributed by atoms with E-state index in [2.05, 4.69) is 4.98 Å². The van der Waals surface area contributed by atoms with Gasteiger partial charge in [-0.2, -0.15) is 0 Å². The van der Waals surface area contributed by atoms with E-state index in [4.69, 9.17) is 10.5 Å². The molecule has 2 aromatic rings. The van der Waals surface area contributed by atoms with Crippen molar-refractivity contribution >= 4 is 11.7 Å². The summed E-state index contributed by atoms with van der Waals surface area (Å²) in [4.78, 5) is 17.8. The molecule has 1 aromatic heterocycles. The van der Waals surface area contributed by atoms with Gasteiger partial charge in [-0.05, 0) is 29.8 Å².